The number of halogens is 3. The summed E-state index contributed by atoms with van der Waals surface area (Å²) in [5.41, 5.74) is 1.38. The highest BCUT2D eigenvalue weighted by molar-refractivity contribution is 9.11. The number of anilines is 1. The Morgan fingerprint density at radius 2 is 1.77 bits per heavy atom. The molecule has 0 aliphatic rings. The molecule has 0 fully saturated rings. The fourth-order valence-electron chi connectivity index (χ4n) is 2.65. The number of nitrogens with one attached hydrogen (secondary N) is 2. The van der Waals surface area contributed by atoms with E-state index in [1.807, 2.05) is 26.8 Å². The lowest BCUT2D eigenvalue weighted by Crippen LogP contribution is -2.47. The first-order valence-electron chi connectivity index (χ1n) is 7.06. The molecule has 22 heavy (non-hydrogen) atoms. The van der Waals surface area contributed by atoms with Gasteiger partial charge in [-0.05, 0) is 76.1 Å². The molecule has 0 radical (unpaired) electrons. The molecule has 6 heteroatoms. The Balaban J connectivity index is 2.89. The van der Waals surface area contributed by atoms with E-state index in [0.29, 0.717) is 15.2 Å². The number of hydrogen-bond donors (Lipinski definition) is 2. The number of rotatable bonds is 3. The summed E-state index contributed by atoms with van der Waals surface area (Å²) in [7, 11) is 0. The van der Waals surface area contributed by atoms with Crippen molar-refractivity contribution in [1.82, 2.24) is 5.32 Å². The van der Waals surface area contributed by atoms with Crippen LogP contribution in [0.15, 0.2) is 15.0 Å². The van der Waals surface area contributed by atoms with Gasteiger partial charge in [-0.15, -0.1) is 0 Å². The first-order chi connectivity index (χ1) is 9.82. The summed E-state index contributed by atoms with van der Waals surface area (Å²) in [5.74, 6) is 0. The molecule has 0 aliphatic carbocycles. The van der Waals surface area contributed by atoms with E-state index in [9.17, 15) is 4.79 Å². The molecular weight excluding hydrogens is 431 g/mol. The SMILES string of the molecule is Cc1cc(Br)c(NC(=O)NC(C)(C)CC(C)(C)C)c(Br)c1Cl. The number of aryl methyl sites for hydroxylation is 1. The van der Waals surface area contributed by atoms with Gasteiger partial charge < -0.3 is 10.6 Å². The van der Waals surface area contributed by atoms with Gasteiger partial charge in [0, 0.05) is 10.0 Å². The van der Waals surface area contributed by atoms with Crippen LogP contribution in [0.1, 0.15) is 46.6 Å². The summed E-state index contributed by atoms with van der Waals surface area (Å²) in [5, 5.41) is 6.47. The fourth-order valence-corrected chi connectivity index (χ4v) is 4.33. The second kappa shape index (κ2) is 7.10. The molecule has 0 aliphatic heterocycles. The van der Waals surface area contributed by atoms with Crippen molar-refractivity contribution in [2.75, 3.05) is 5.32 Å². The molecule has 0 heterocycles. The smallest absolute Gasteiger partial charge is 0.319 e. The molecule has 1 aromatic rings. The van der Waals surface area contributed by atoms with E-state index < -0.39 is 0 Å². The zero-order valence-corrected chi connectivity index (χ0v) is 17.8. The quantitative estimate of drug-likeness (QED) is 0.502. The topological polar surface area (TPSA) is 41.1 Å². The Labute approximate surface area is 154 Å². The van der Waals surface area contributed by atoms with E-state index in [1.165, 1.54) is 0 Å². The minimum absolute atomic E-state index is 0.130. The van der Waals surface area contributed by atoms with Crippen LogP contribution in [0, 0.1) is 12.3 Å². The van der Waals surface area contributed by atoms with Crippen molar-refractivity contribution in [2.45, 2.75) is 53.5 Å². The molecule has 1 rings (SSSR count). The summed E-state index contributed by atoms with van der Waals surface area (Å²) >= 11 is 13.1. The van der Waals surface area contributed by atoms with Crippen molar-refractivity contribution >= 4 is 55.2 Å². The van der Waals surface area contributed by atoms with Gasteiger partial charge in [0.05, 0.1) is 15.2 Å². The summed E-state index contributed by atoms with van der Waals surface area (Å²) in [6.07, 6.45) is 0.865. The normalized spacial score (nSPS) is 12.2. The van der Waals surface area contributed by atoms with E-state index >= 15 is 0 Å². The number of urea groups is 1. The number of carbonyl (C=O) groups is 1. The second-order valence-corrected chi connectivity index (χ2v) is 9.40. The number of amides is 2. The van der Waals surface area contributed by atoms with Crippen molar-refractivity contribution in [3.8, 4) is 0 Å². The minimum atomic E-state index is -0.310. The van der Waals surface area contributed by atoms with Crippen molar-refractivity contribution in [3.63, 3.8) is 0 Å². The van der Waals surface area contributed by atoms with Crippen LogP contribution in [0.4, 0.5) is 10.5 Å². The van der Waals surface area contributed by atoms with Gasteiger partial charge >= 0.3 is 6.03 Å². The molecule has 1 aromatic carbocycles. The van der Waals surface area contributed by atoms with Gasteiger partial charge in [0.1, 0.15) is 0 Å². The first-order valence-corrected chi connectivity index (χ1v) is 9.02. The standard InChI is InChI=1S/C16H23Br2ClN2O/c1-9-7-10(17)13(11(18)12(9)19)20-14(22)21-16(5,6)8-15(2,3)4/h7H,8H2,1-6H3,(H2,20,21,22). The largest absolute Gasteiger partial charge is 0.333 e. The molecule has 0 atom stereocenters. The maximum atomic E-state index is 12.3. The predicted octanol–water partition coefficient (Wildman–Crippen LogP) is 6.51. The third-order valence-electron chi connectivity index (χ3n) is 3.00. The van der Waals surface area contributed by atoms with Crippen molar-refractivity contribution in [3.05, 3.63) is 25.6 Å². The van der Waals surface area contributed by atoms with Crippen LogP contribution in [-0.2, 0) is 0 Å². The summed E-state index contributed by atoms with van der Waals surface area (Å²) < 4.78 is 1.45. The molecule has 0 spiro atoms. The van der Waals surface area contributed by atoms with Crippen LogP contribution in [0.2, 0.25) is 5.02 Å². The van der Waals surface area contributed by atoms with Crippen molar-refractivity contribution in [2.24, 2.45) is 5.41 Å². The lowest BCUT2D eigenvalue weighted by atomic mass is 9.82. The van der Waals surface area contributed by atoms with Gasteiger partial charge in [-0.2, -0.15) is 0 Å². The van der Waals surface area contributed by atoms with Crippen LogP contribution in [0.25, 0.3) is 0 Å². The average Bonchev–Trinajstić information content (AvgIpc) is 2.28. The summed E-state index contributed by atoms with van der Waals surface area (Å²) in [6.45, 7) is 12.4. The van der Waals surface area contributed by atoms with E-state index in [2.05, 4.69) is 63.3 Å². The lowest BCUT2D eigenvalue weighted by Gasteiger charge is -2.33. The molecular formula is C16H23Br2ClN2O. The van der Waals surface area contributed by atoms with Crippen molar-refractivity contribution < 1.29 is 4.79 Å². The van der Waals surface area contributed by atoms with E-state index in [4.69, 9.17) is 11.6 Å². The molecule has 0 unspecified atom stereocenters. The van der Waals surface area contributed by atoms with E-state index in [-0.39, 0.29) is 17.0 Å². The highest BCUT2D eigenvalue weighted by atomic mass is 79.9. The Kier molecular flexibility index (Phi) is 6.38. The van der Waals surface area contributed by atoms with Gasteiger partial charge in [0.15, 0.2) is 0 Å². The lowest BCUT2D eigenvalue weighted by molar-refractivity contribution is 0.220. The molecule has 0 saturated heterocycles. The molecule has 0 aromatic heterocycles. The van der Waals surface area contributed by atoms with Crippen LogP contribution >= 0.6 is 43.5 Å². The Morgan fingerprint density at radius 1 is 1.23 bits per heavy atom. The van der Waals surface area contributed by atoms with Crippen LogP contribution in [0.3, 0.4) is 0 Å². The summed E-state index contributed by atoms with van der Waals surface area (Å²) in [6, 6.07) is 1.62. The third-order valence-corrected chi connectivity index (χ3v) is 5.14. The highest BCUT2D eigenvalue weighted by Crippen LogP contribution is 2.39. The maximum Gasteiger partial charge on any atom is 0.319 e. The van der Waals surface area contributed by atoms with Crippen LogP contribution in [0.5, 0.6) is 0 Å². The average molecular weight is 455 g/mol. The maximum absolute atomic E-state index is 12.3. The van der Waals surface area contributed by atoms with E-state index in [0.717, 1.165) is 16.5 Å². The number of benzene rings is 1. The molecule has 124 valence electrons. The number of carbonyl (C=O) groups excluding carboxylic acids is 1. The highest BCUT2D eigenvalue weighted by Gasteiger charge is 2.27. The van der Waals surface area contributed by atoms with Crippen molar-refractivity contribution in [1.29, 1.82) is 0 Å². The minimum Gasteiger partial charge on any atom is -0.333 e. The second-order valence-electron chi connectivity index (χ2n) is 7.38. The summed E-state index contributed by atoms with van der Waals surface area (Å²) in [4.78, 5) is 12.3. The van der Waals surface area contributed by atoms with E-state index in [1.54, 1.807) is 0 Å². The Hall–Kier alpha value is -0.260. The van der Waals surface area contributed by atoms with Gasteiger partial charge in [-0.3, -0.25) is 0 Å². The molecule has 2 N–H and O–H groups in total. The van der Waals surface area contributed by atoms with Gasteiger partial charge in [-0.1, -0.05) is 32.4 Å². The zero-order chi connectivity index (χ0) is 17.3. The monoisotopic (exact) mass is 452 g/mol. The number of hydrogen-bond acceptors (Lipinski definition) is 1. The Bertz CT molecular complexity index is 580. The Morgan fingerprint density at radius 3 is 2.27 bits per heavy atom. The zero-order valence-electron chi connectivity index (χ0n) is 13.8. The third kappa shape index (κ3) is 5.74. The predicted molar refractivity (Wildman–Crippen MR) is 102 cm³/mol. The van der Waals surface area contributed by atoms with Crippen LogP contribution < -0.4 is 10.6 Å². The van der Waals surface area contributed by atoms with Crippen LogP contribution in [-0.4, -0.2) is 11.6 Å². The van der Waals surface area contributed by atoms with Gasteiger partial charge in [0.2, 0.25) is 0 Å². The molecule has 2 amide bonds. The molecule has 3 nitrogen and oxygen atoms in total. The molecule has 0 bridgehead atoms. The van der Waals surface area contributed by atoms with Gasteiger partial charge in [-0.25, -0.2) is 4.79 Å². The fraction of sp³-hybridized carbons (Fsp3) is 0.562. The first kappa shape index (κ1) is 19.8. The molecule has 0 saturated carbocycles. The van der Waals surface area contributed by atoms with Gasteiger partial charge in [0.25, 0.3) is 0 Å².